The van der Waals surface area contributed by atoms with Gasteiger partial charge in [-0.05, 0) is 20.9 Å². The highest BCUT2D eigenvalue weighted by molar-refractivity contribution is 5.50. The molecule has 0 aliphatic carbocycles. The van der Waals surface area contributed by atoms with Crippen LogP contribution in [0.25, 0.3) is 0 Å². The average Bonchev–Trinajstić information content (AvgIpc) is 2.38. The Morgan fingerprint density at radius 2 is 2.10 bits per heavy atom. The van der Waals surface area contributed by atoms with E-state index in [0.717, 1.165) is 43.6 Å². The normalized spacial score (nSPS) is 20.5. The van der Waals surface area contributed by atoms with Crippen molar-refractivity contribution < 1.29 is 0 Å². The van der Waals surface area contributed by atoms with Crippen LogP contribution >= 0.6 is 0 Å². The fourth-order valence-corrected chi connectivity index (χ4v) is 2.61. The zero-order chi connectivity index (χ0) is 14.7. The Morgan fingerprint density at radius 3 is 2.70 bits per heavy atom. The molecule has 1 N–H and O–H groups in total. The van der Waals surface area contributed by atoms with Crippen LogP contribution < -0.4 is 10.2 Å². The second-order valence-corrected chi connectivity index (χ2v) is 5.96. The molecule has 2 rings (SSSR count). The van der Waals surface area contributed by atoms with E-state index in [2.05, 4.69) is 60.9 Å². The highest BCUT2D eigenvalue weighted by Gasteiger charge is 2.23. The lowest BCUT2D eigenvalue weighted by molar-refractivity contribution is 0.274. The molecule has 1 aromatic rings. The van der Waals surface area contributed by atoms with Crippen molar-refractivity contribution in [3.05, 3.63) is 11.9 Å². The molecule has 1 saturated heterocycles. The van der Waals surface area contributed by atoms with Crippen LogP contribution in [0.4, 0.5) is 11.6 Å². The quantitative estimate of drug-likeness (QED) is 0.914. The Balaban J connectivity index is 2.29. The van der Waals surface area contributed by atoms with Gasteiger partial charge in [0, 0.05) is 44.2 Å². The van der Waals surface area contributed by atoms with Crippen LogP contribution in [0.1, 0.15) is 39.4 Å². The van der Waals surface area contributed by atoms with Gasteiger partial charge in [-0.2, -0.15) is 0 Å². The van der Waals surface area contributed by atoms with Gasteiger partial charge in [0.15, 0.2) is 0 Å². The predicted molar refractivity (Wildman–Crippen MR) is 84.6 cm³/mol. The first-order valence-electron chi connectivity index (χ1n) is 7.59. The van der Waals surface area contributed by atoms with Crippen LogP contribution in [0, 0.1) is 0 Å². The molecule has 5 heteroatoms. The first-order chi connectivity index (χ1) is 9.51. The number of nitrogens with zero attached hydrogens (tertiary/aromatic N) is 4. The van der Waals surface area contributed by atoms with Gasteiger partial charge in [-0.1, -0.05) is 13.8 Å². The maximum absolute atomic E-state index is 4.77. The highest BCUT2D eigenvalue weighted by atomic mass is 15.3. The number of piperazine rings is 1. The van der Waals surface area contributed by atoms with Crippen LogP contribution in [0.2, 0.25) is 0 Å². The van der Waals surface area contributed by atoms with E-state index in [4.69, 9.17) is 4.98 Å². The first kappa shape index (κ1) is 15.0. The maximum atomic E-state index is 4.77. The zero-order valence-electron chi connectivity index (χ0n) is 13.3. The number of anilines is 2. The fourth-order valence-electron chi connectivity index (χ4n) is 2.61. The van der Waals surface area contributed by atoms with Crippen molar-refractivity contribution in [3.63, 3.8) is 0 Å². The number of likely N-dealkylation sites (N-methyl/N-ethyl adjacent to an activating group) is 1. The van der Waals surface area contributed by atoms with Crippen LogP contribution in [0.5, 0.6) is 0 Å². The molecule has 0 spiro atoms. The summed E-state index contributed by atoms with van der Waals surface area (Å²) in [6, 6.07) is 2.56. The minimum absolute atomic E-state index is 0.343. The number of aromatic nitrogens is 2. The van der Waals surface area contributed by atoms with E-state index in [-0.39, 0.29) is 0 Å². The molecule has 0 aromatic carbocycles. The third-order valence-electron chi connectivity index (χ3n) is 3.73. The van der Waals surface area contributed by atoms with Crippen molar-refractivity contribution >= 4 is 11.6 Å². The van der Waals surface area contributed by atoms with Crippen LogP contribution in [-0.2, 0) is 0 Å². The third kappa shape index (κ3) is 3.39. The third-order valence-corrected chi connectivity index (χ3v) is 3.73. The van der Waals surface area contributed by atoms with E-state index < -0.39 is 0 Å². The summed E-state index contributed by atoms with van der Waals surface area (Å²) in [4.78, 5) is 14.1. The topological polar surface area (TPSA) is 44.3 Å². The first-order valence-corrected chi connectivity index (χ1v) is 7.59. The molecule has 0 bridgehead atoms. The van der Waals surface area contributed by atoms with E-state index in [1.54, 1.807) is 0 Å². The molecule has 0 saturated carbocycles. The van der Waals surface area contributed by atoms with Crippen molar-refractivity contribution in [1.82, 2.24) is 14.9 Å². The van der Waals surface area contributed by atoms with Gasteiger partial charge in [-0.25, -0.2) is 9.97 Å². The van der Waals surface area contributed by atoms with Crippen molar-refractivity contribution in [3.8, 4) is 0 Å². The lowest BCUT2D eigenvalue weighted by atomic mass is 10.2. The van der Waals surface area contributed by atoms with Crippen LogP contribution in [0.3, 0.4) is 0 Å². The SMILES string of the molecule is CCNc1cc(N2CCN(C)CC2C)nc(C(C)C)n1. The zero-order valence-corrected chi connectivity index (χ0v) is 13.3. The van der Waals surface area contributed by atoms with Gasteiger partial charge in [-0.3, -0.25) is 0 Å². The molecule has 20 heavy (non-hydrogen) atoms. The second-order valence-electron chi connectivity index (χ2n) is 5.96. The standard InChI is InChI=1S/C15H27N5/c1-6-16-13-9-14(18-15(17-13)11(2)3)20-8-7-19(5)10-12(20)4/h9,11-12H,6-8,10H2,1-5H3,(H,16,17,18). The minimum atomic E-state index is 0.343. The molecule has 1 atom stereocenters. The van der Waals surface area contributed by atoms with Crippen molar-refractivity contribution in [2.45, 2.75) is 39.7 Å². The Bertz CT molecular complexity index is 446. The number of hydrogen-bond donors (Lipinski definition) is 1. The van der Waals surface area contributed by atoms with Crippen molar-refractivity contribution in [1.29, 1.82) is 0 Å². The Kier molecular flexibility index (Phi) is 4.81. The van der Waals surface area contributed by atoms with Gasteiger partial charge in [0.1, 0.15) is 17.5 Å². The van der Waals surface area contributed by atoms with Gasteiger partial charge in [-0.15, -0.1) is 0 Å². The Labute approximate surface area is 122 Å². The lowest BCUT2D eigenvalue weighted by Gasteiger charge is -2.39. The number of rotatable bonds is 4. The largest absolute Gasteiger partial charge is 0.370 e. The Hall–Kier alpha value is -1.36. The van der Waals surface area contributed by atoms with E-state index in [1.807, 2.05) is 0 Å². The molecule has 0 radical (unpaired) electrons. The summed E-state index contributed by atoms with van der Waals surface area (Å²) in [7, 11) is 2.18. The van der Waals surface area contributed by atoms with E-state index in [0.29, 0.717) is 12.0 Å². The van der Waals surface area contributed by atoms with Gasteiger partial charge < -0.3 is 15.1 Å². The van der Waals surface area contributed by atoms with Gasteiger partial charge >= 0.3 is 0 Å². The number of nitrogens with one attached hydrogen (secondary N) is 1. The molecule has 1 aliphatic rings. The summed E-state index contributed by atoms with van der Waals surface area (Å²) < 4.78 is 0. The molecule has 1 unspecified atom stereocenters. The summed E-state index contributed by atoms with van der Waals surface area (Å²) in [6.07, 6.45) is 0. The lowest BCUT2D eigenvalue weighted by Crippen LogP contribution is -2.50. The molecule has 112 valence electrons. The monoisotopic (exact) mass is 277 g/mol. The molecule has 1 aromatic heterocycles. The molecular formula is C15H27N5. The fraction of sp³-hybridized carbons (Fsp3) is 0.733. The van der Waals surface area contributed by atoms with Crippen LogP contribution in [-0.4, -0.2) is 54.1 Å². The van der Waals surface area contributed by atoms with Crippen molar-refractivity contribution in [2.24, 2.45) is 0 Å². The molecule has 1 aliphatic heterocycles. The van der Waals surface area contributed by atoms with Crippen molar-refractivity contribution in [2.75, 3.05) is 43.4 Å². The molecule has 2 heterocycles. The van der Waals surface area contributed by atoms with Gasteiger partial charge in [0.2, 0.25) is 0 Å². The second kappa shape index (κ2) is 6.39. The predicted octanol–water partition coefficient (Wildman–Crippen LogP) is 2.17. The summed E-state index contributed by atoms with van der Waals surface area (Å²) in [5, 5.41) is 3.32. The molecule has 1 fully saturated rings. The van der Waals surface area contributed by atoms with Gasteiger partial charge in [0.05, 0.1) is 0 Å². The molecular weight excluding hydrogens is 250 g/mol. The minimum Gasteiger partial charge on any atom is -0.370 e. The molecule has 0 amide bonds. The van der Waals surface area contributed by atoms with E-state index in [9.17, 15) is 0 Å². The Morgan fingerprint density at radius 1 is 1.35 bits per heavy atom. The molecule has 5 nitrogen and oxygen atoms in total. The highest BCUT2D eigenvalue weighted by Crippen LogP contribution is 2.23. The van der Waals surface area contributed by atoms with E-state index in [1.165, 1.54) is 0 Å². The number of hydrogen-bond acceptors (Lipinski definition) is 5. The summed E-state index contributed by atoms with van der Waals surface area (Å²) in [6.45, 7) is 12.7. The summed E-state index contributed by atoms with van der Waals surface area (Å²) in [5.41, 5.74) is 0. The van der Waals surface area contributed by atoms with Gasteiger partial charge in [0.25, 0.3) is 0 Å². The summed E-state index contributed by atoms with van der Waals surface area (Å²) in [5.74, 6) is 3.26. The smallest absolute Gasteiger partial charge is 0.135 e. The van der Waals surface area contributed by atoms with Crippen LogP contribution in [0.15, 0.2) is 6.07 Å². The summed E-state index contributed by atoms with van der Waals surface area (Å²) >= 11 is 0. The maximum Gasteiger partial charge on any atom is 0.135 e. The average molecular weight is 277 g/mol. The van der Waals surface area contributed by atoms with E-state index >= 15 is 0 Å².